The predicted octanol–water partition coefficient (Wildman–Crippen LogP) is 4.71. The third-order valence-corrected chi connectivity index (χ3v) is 9.01. The van der Waals surface area contributed by atoms with Crippen LogP contribution in [0.4, 0.5) is 9.18 Å². The van der Waals surface area contributed by atoms with Crippen molar-refractivity contribution in [3.05, 3.63) is 59.9 Å². The van der Waals surface area contributed by atoms with Gasteiger partial charge in [-0.2, -0.15) is 4.31 Å². The molecule has 0 aliphatic carbocycles. The van der Waals surface area contributed by atoms with Gasteiger partial charge in [-0.15, -0.1) is 0 Å². The minimum Gasteiger partial charge on any atom is -0.497 e. The molecule has 2 amide bonds. The molecule has 3 rings (SSSR count). The van der Waals surface area contributed by atoms with Gasteiger partial charge in [-0.05, 0) is 48.4 Å². The number of urea groups is 1. The summed E-state index contributed by atoms with van der Waals surface area (Å²) in [5, 5.41) is 3.04. The van der Waals surface area contributed by atoms with Gasteiger partial charge >= 0.3 is 6.03 Å². The standard InChI is InChI=1S/C29H43FN4O4S/c1-3-4-5-6-7-8-17-31-29(35)33(24-25-9-11-26(30)12-10-25)21-18-32-19-22-34(23-20-32)39(36,37)28-15-13-27(38-2)14-16-28/h9-16H,3-8,17-24H2,1-2H3,(H,31,35). The van der Waals surface area contributed by atoms with Gasteiger partial charge in [0.1, 0.15) is 11.6 Å². The SMILES string of the molecule is CCCCCCCCNC(=O)N(CCN1CCN(S(=O)(=O)c2ccc(OC)cc2)CC1)Cc1ccc(F)cc1. The molecule has 1 aliphatic rings. The number of benzene rings is 2. The highest BCUT2D eigenvalue weighted by Crippen LogP contribution is 2.21. The van der Waals surface area contributed by atoms with Crippen LogP contribution in [0.15, 0.2) is 53.4 Å². The summed E-state index contributed by atoms with van der Waals surface area (Å²) in [6, 6.07) is 12.5. The first kappa shape index (κ1) is 30.8. The molecule has 39 heavy (non-hydrogen) atoms. The largest absolute Gasteiger partial charge is 0.497 e. The molecule has 0 radical (unpaired) electrons. The van der Waals surface area contributed by atoms with Crippen LogP contribution in [-0.2, 0) is 16.6 Å². The highest BCUT2D eigenvalue weighted by Gasteiger charge is 2.28. The molecule has 1 N–H and O–H groups in total. The van der Waals surface area contributed by atoms with Gasteiger partial charge in [0.2, 0.25) is 10.0 Å². The number of nitrogens with one attached hydrogen (secondary N) is 1. The lowest BCUT2D eigenvalue weighted by Crippen LogP contribution is -2.51. The number of amides is 2. The van der Waals surface area contributed by atoms with E-state index in [1.54, 1.807) is 48.4 Å². The normalized spacial score (nSPS) is 14.7. The van der Waals surface area contributed by atoms with E-state index in [4.69, 9.17) is 4.74 Å². The maximum atomic E-state index is 13.4. The molecule has 0 aromatic heterocycles. The molecule has 1 aliphatic heterocycles. The number of unbranched alkanes of at least 4 members (excludes halogenated alkanes) is 5. The van der Waals surface area contributed by atoms with E-state index in [1.807, 2.05) is 0 Å². The highest BCUT2D eigenvalue weighted by atomic mass is 32.2. The molecule has 0 bridgehead atoms. The second-order valence-electron chi connectivity index (χ2n) is 9.97. The van der Waals surface area contributed by atoms with Crippen LogP contribution in [-0.4, -0.2) is 81.5 Å². The van der Waals surface area contributed by atoms with E-state index in [9.17, 15) is 17.6 Å². The molecule has 0 atom stereocenters. The summed E-state index contributed by atoms with van der Waals surface area (Å²) in [7, 11) is -2.03. The van der Waals surface area contributed by atoms with Gasteiger partial charge in [0, 0.05) is 52.4 Å². The maximum absolute atomic E-state index is 13.4. The molecule has 216 valence electrons. The van der Waals surface area contributed by atoms with Crippen LogP contribution in [0.25, 0.3) is 0 Å². The zero-order chi connectivity index (χ0) is 28.1. The highest BCUT2D eigenvalue weighted by molar-refractivity contribution is 7.89. The Morgan fingerprint density at radius 2 is 1.59 bits per heavy atom. The molecule has 1 saturated heterocycles. The zero-order valence-corrected chi connectivity index (χ0v) is 24.1. The minimum absolute atomic E-state index is 0.131. The summed E-state index contributed by atoms with van der Waals surface area (Å²) in [6.45, 7) is 6.26. The number of methoxy groups -OCH3 is 1. The van der Waals surface area contributed by atoms with E-state index in [0.29, 0.717) is 58.1 Å². The average Bonchev–Trinajstić information content (AvgIpc) is 2.96. The Morgan fingerprint density at radius 3 is 2.23 bits per heavy atom. The molecule has 1 heterocycles. The quantitative estimate of drug-likeness (QED) is 0.318. The fourth-order valence-corrected chi connectivity index (χ4v) is 6.05. The van der Waals surface area contributed by atoms with Gasteiger partial charge in [0.25, 0.3) is 0 Å². The number of sulfonamides is 1. The molecule has 1 fully saturated rings. The lowest BCUT2D eigenvalue weighted by molar-refractivity contribution is 0.156. The fourth-order valence-electron chi connectivity index (χ4n) is 4.63. The van der Waals surface area contributed by atoms with Gasteiger partial charge in [0.05, 0.1) is 12.0 Å². The second-order valence-corrected chi connectivity index (χ2v) is 11.9. The molecule has 2 aromatic carbocycles. The summed E-state index contributed by atoms with van der Waals surface area (Å²) in [5.74, 6) is 0.306. The van der Waals surface area contributed by atoms with Gasteiger partial charge in [-0.3, -0.25) is 4.90 Å². The number of carbonyl (C=O) groups excluding carboxylic acids is 1. The number of carbonyl (C=O) groups is 1. The van der Waals surface area contributed by atoms with Crippen molar-refractivity contribution in [3.8, 4) is 5.75 Å². The van der Waals surface area contributed by atoms with E-state index in [2.05, 4.69) is 17.1 Å². The minimum atomic E-state index is -3.57. The molecule has 8 nitrogen and oxygen atoms in total. The van der Waals surface area contributed by atoms with Gasteiger partial charge in [-0.1, -0.05) is 51.2 Å². The van der Waals surface area contributed by atoms with E-state index < -0.39 is 10.0 Å². The molecule has 0 saturated carbocycles. The number of rotatable bonds is 15. The molecule has 10 heteroatoms. The van der Waals surface area contributed by atoms with Crippen LogP contribution in [0.5, 0.6) is 5.75 Å². The second kappa shape index (κ2) is 15.8. The Morgan fingerprint density at radius 1 is 0.949 bits per heavy atom. The Balaban J connectivity index is 1.51. The third-order valence-electron chi connectivity index (χ3n) is 7.10. The lowest BCUT2D eigenvalue weighted by atomic mass is 10.1. The number of ether oxygens (including phenoxy) is 1. The Labute approximate surface area is 233 Å². The molecule has 0 unspecified atom stereocenters. The van der Waals surface area contributed by atoms with Crippen molar-refractivity contribution >= 4 is 16.1 Å². The van der Waals surface area contributed by atoms with E-state index in [1.165, 1.54) is 42.1 Å². The molecule has 0 spiro atoms. The van der Waals surface area contributed by atoms with Crippen molar-refractivity contribution in [1.82, 2.24) is 19.4 Å². The van der Waals surface area contributed by atoms with Gasteiger partial charge in [0.15, 0.2) is 0 Å². The van der Waals surface area contributed by atoms with Gasteiger partial charge in [-0.25, -0.2) is 17.6 Å². The molecule has 2 aromatic rings. The summed E-state index contributed by atoms with van der Waals surface area (Å²) < 4.78 is 46.1. The Bertz CT molecular complexity index is 1110. The van der Waals surface area contributed by atoms with Crippen molar-refractivity contribution in [1.29, 1.82) is 0 Å². The van der Waals surface area contributed by atoms with E-state index in [0.717, 1.165) is 18.4 Å². The van der Waals surface area contributed by atoms with Crippen LogP contribution in [0.1, 0.15) is 51.0 Å². The van der Waals surface area contributed by atoms with E-state index >= 15 is 0 Å². The van der Waals surface area contributed by atoms with Crippen molar-refractivity contribution in [2.24, 2.45) is 0 Å². The van der Waals surface area contributed by atoms with Crippen molar-refractivity contribution in [2.75, 3.05) is 52.9 Å². The summed E-state index contributed by atoms with van der Waals surface area (Å²) in [5.41, 5.74) is 0.863. The average molecular weight is 563 g/mol. The number of piperazine rings is 1. The first-order chi connectivity index (χ1) is 18.8. The Kier molecular flexibility index (Phi) is 12.5. The van der Waals surface area contributed by atoms with Crippen LogP contribution < -0.4 is 10.1 Å². The summed E-state index contributed by atoms with van der Waals surface area (Å²) in [6.07, 6.45) is 6.92. The first-order valence-electron chi connectivity index (χ1n) is 14.0. The predicted molar refractivity (Wildman–Crippen MR) is 152 cm³/mol. The zero-order valence-electron chi connectivity index (χ0n) is 23.3. The summed E-state index contributed by atoms with van der Waals surface area (Å²) in [4.78, 5) is 17.2. The number of hydrogen-bond donors (Lipinski definition) is 1. The maximum Gasteiger partial charge on any atom is 0.317 e. The Hall–Kier alpha value is -2.69. The lowest BCUT2D eigenvalue weighted by Gasteiger charge is -2.35. The fraction of sp³-hybridized carbons (Fsp3) is 0.552. The van der Waals surface area contributed by atoms with Crippen molar-refractivity contribution in [2.45, 2.75) is 56.9 Å². The number of halogens is 1. The van der Waals surface area contributed by atoms with Crippen LogP contribution in [0, 0.1) is 5.82 Å². The van der Waals surface area contributed by atoms with Crippen LogP contribution >= 0.6 is 0 Å². The third kappa shape index (κ3) is 9.77. The smallest absolute Gasteiger partial charge is 0.317 e. The topological polar surface area (TPSA) is 82.2 Å². The van der Waals surface area contributed by atoms with Crippen LogP contribution in [0.3, 0.4) is 0 Å². The first-order valence-corrected chi connectivity index (χ1v) is 15.4. The number of nitrogens with zero attached hydrogens (tertiary/aromatic N) is 3. The summed E-state index contributed by atoms with van der Waals surface area (Å²) >= 11 is 0. The van der Waals surface area contributed by atoms with Crippen molar-refractivity contribution < 1.29 is 22.3 Å². The van der Waals surface area contributed by atoms with E-state index in [-0.39, 0.29) is 16.7 Å². The molecular weight excluding hydrogens is 519 g/mol. The van der Waals surface area contributed by atoms with Crippen molar-refractivity contribution in [3.63, 3.8) is 0 Å². The molecular formula is C29H43FN4O4S. The number of hydrogen-bond acceptors (Lipinski definition) is 5. The van der Waals surface area contributed by atoms with Gasteiger partial charge < -0.3 is 15.0 Å². The van der Waals surface area contributed by atoms with Crippen LogP contribution in [0.2, 0.25) is 0 Å². The monoisotopic (exact) mass is 562 g/mol.